The van der Waals surface area contributed by atoms with E-state index in [1.54, 1.807) is 0 Å². The van der Waals surface area contributed by atoms with Gasteiger partial charge in [0.2, 0.25) is 5.91 Å². The number of rotatable bonds is 9. The molecule has 0 aliphatic rings. The first-order valence-corrected chi connectivity index (χ1v) is 7.68. The van der Waals surface area contributed by atoms with Crippen LogP contribution in [0.15, 0.2) is 30.3 Å². The molecule has 0 aliphatic heterocycles. The van der Waals surface area contributed by atoms with Gasteiger partial charge in [0.1, 0.15) is 5.75 Å². The molecule has 4 heteroatoms. The number of hydrogen-bond acceptors (Lipinski definition) is 3. The van der Waals surface area contributed by atoms with E-state index in [4.69, 9.17) is 4.74 Å². The van der Waals surface area contributed by atoms with E-state index in [1.165, 1.54) is 0 Å². The molecule has 118 valence electrons. The van der Waals surface area contributed by atoms with Crippen LogP contribution in [-0.4, -0.2) is 30.6 Å². The van der Waals surface area contributed by atoms with Gasteiger partial charge in [-0.2, -0.15) is 0 Å². The summed E-state index contributed by atoms with van der Waals surface area (Å²) in [5, 5.41) is 6.26. The summed E-state index contributed by atoms with van der Waals surface area (Å²) in [4.78, 5) is 12.0. The van der Waals surface area contributed by atoms with Crippen LogP contribution in [0.25, 0.3) is 0 Å². The molecule has 2 N–H and O–H groups in total. The fourth-order valence-corrected chi connectivity index (χ4v) is 1.72. The van der Waals surface area contributed by atoms with Crippen molar-refractivity contribution < 1.29 is 9.53 Å². The lowest BCUT2D eigenvalue weighted by molar-refractivity contribution is -0.124. The second-order valence-corrected chi connectivity index (χ2v) is 5.92. The van der Waals surface area contributed by atoms with Gasteiger partial charge in [0.25, 0.3) is 0 Å². The average molecular weight is 292 g/mol. The number of hydrogen-bond donors (Lipinski definition) is 2. The minimum Gasteiger partial charge on any atom is -0.494 e. The normalized spacial score (nSPS) is 12.8. The fourth-order valence-electron chi connectivity index (χ4n) is 1.72. The Morgan fingerprint density at radius 2 is 1.95 bits per heavy atom. The van der Waals surface area contributed by atoms with Gasteiger partial charge in [-0.05, 0) is 52.3 Å². The summed E-state index contributed by atoms with van der Waals surface area (Å²) in [6.07, 6.45) is 1.78. The van der Waals surface area contributed by atoms with Gasteiger partial charge in [0.15, 0.2) is 0 Å². The topological polar surface area (TPSA) is 50.4 Å². The monoisotopic (exact) mass is 292 g/mol. The summed E-state index contributed by atoms with van der Waals surface area (Å²) in [6, 6.07) is 9.57. The van der Waals surface area contributed by atoms with Crippen molar-refractivity contribution in [1.29, 1.82) is 0 Å². The summed E-state index contributed by atoms with van der Waals surface area (Å²) < 4.78 is 5.61. The molecular weight excluding hydrogens is 264 g/mol. The van der Waals surface area contributed by atoms with Crippen molar-refractivity contribution in [3.05, 3.63) is 30.3 Å². The number of amides is 1. The predicted molar refractivity (Wildman–Crippen MR) is 86.5 cm³/mol. The van der Waals surface area contributed by atoms with E-state index < -0.39 is 0 Å². The molecule has 0 saturated heterocycles. The SMILES string of the molecule is CCC(C)(C)NC(=O)C(C)NCCCOc1ccccc1. The van der Waals surface area contributed by atoms with Crippen molar-refractivity contribution in [2.24, 2.45) is 0 Å². The van der Waals surface area contributed by atoms with E-state index in [0.29, 0.717) is 6.61 Å². The van der Waals surface area contributed by atoms with Crippen molar-refractivity contribution in [2.75, 3.05) is 13.2 Å². The summed E-state index contributed by atoms with van der Waals surface area (Å²) in [5.41, 5.74) is -0.149. The maximum Gasteiger partial charge on any atom is 0.237 e. The third-order valence-electron chi connectivity index (χ3n) is 3.52. The van der Waals surface area contributed by atoms with E-state index in [9.17, 15) is 4.79 Å². The van der Waals surface area contributed by atoms with Gasteiger partial charge < -0.3 is 15.4 Å². The molecule has 0 aliphatic carbocycles. The molecule has 21 heavy (non-hydrogen) atoms. The van der Waals surface area contributed by atoms with E-state index in [2.05, 4.69) is 17.6 Å². The third-order valence-corrected chi connectivity index (χ3v) is 3.52. The van der Waals surface area contributed by atoms with Gasteiger partial charge in [-0.3, -0.25) is 4.79 Å². The number of para-hydroxylation sites is 1. The Balaban J connectivity index is 2.16. The highest BCUT2D eigenvalue weighted by molar-refractivity contribution is 5.81. The lowest BCUT2D eigenvalue weighted by Gasteiger charge is -2.26. The molecule has 1 rings (SSSR count). The molecule has 4 nitrogen and oxygen atoms in total. The van der Waals surface area contributed by atoms with Crippen LogP contribution in [0.1, 0.15) is 40.5 Å². The number of ether oxygens (including phenoxy) is 1. The first-order valence-electron chi connectivity index (χ1n) is 7.68. The highest BCUT2D eigenvalue weighted by atomic mass is 16.5. The second-order valence-electron chi connectivity index (χ2n) is 5.92. The van der Waals surface area contributed by atoms with Crippen molar-refractivity contribution in [1.82, 2.24) is 10.6 Å². The van der Waals surface area contributed by atoms with Gasteiger partial charge in [0, 0.05) is 5.54 Å². The van der Waals surface area contributed by atoms with Crippen molar-refractivity contribution in [3.8, 4) is 5.75 Å². The quantitative estimate of drug-likeness (QED) is 0.688. The summed E-state index contributed by atoms with van der Waals surface area (Å²) in [6.45, 7) is 9.43. The molecule has 0 aromatic heterocycles. The van der Waals surface area contributed by atoms with E-state index >= 15 is 0 Å². The number of carbonyl (C=O) groups is 1. The fraction of sp³-hybridized carbons (Fsp3) is 0.588. The highest BCUT2D eigenvalue weighted by Crippen LogP contribution is 2.08. The molecule has 0 fully saturated rings. The summed E-state index contributed by atoms with van der Waals surface area (Å²) in [5.74, 6) is 0.929. The number of carbonyl (C=O) groups excluding carboxylic acids is 1. The Morgan fingerprint density at radius 1 is 1.29 bits per heavy atom. The Morgan fingerprint density at radius 3 is 2.57 bits per heavy atom. The molecule has 1 amide bonds. The zero-order chi connectivity index (χ0) is 15.7. The average Bonchev–Trinajstić information content (AvgIpc) is 2.47. The Hall–Kier alpha value is -1.55. The maximum atomic E-state index is 12.0. The minimum atomic E-state index is -0.187. The molecule has 0 spiro atoms. The van der Waals surface area contributed by atoms with Gasteiger partial charge in [0.05, 0.1) is 12.6 Å². The van der Waals surface area contributed by atoms with Gasteiger partial charge in [-0.25, -0.2) is 0 Å². The molecule has 0 radical (unpaired) electrons. The first-order chi connectivity index (χ1) is 9.94. The smallest absolute Gasteiger partial charge is 0.237 e. The molecule has 1 atom stereocenters. The largest absolute Gasteiger partial charge is 0.494 e. The molecule has 0 heterocycles. The van der Waals surface area contributed by atoms with Crippen LogP contribution >= 0.6 is 0 Å². The lowest BCUT2D eigenvalue weighted by atomic mass is 10.0. The maximum absolute atomic E-state index is 12.0. The van der Waals surface area contributed by atoms with Gasteiger partial charge in [-0.15, -0.1) is 0 Å². The zero-order valence-corrected chi connectivity index (χ0v) is 13.6. The molecule has 0 bridgehead atoms. The zero-order valence-electron chi connectivity index (χ0n) is 13.6. The first kappa shape index (κ1) is 17.5. The summed E-state index contributed by atoms with van der Waals surface area (Å²) in [7, 11) is 0. The Kier molecular flexibility index (Phi) is 7.23. The molecule has 1 unspecified atom stereocenters. The van der Waals surface area contributed by atoms with Crippen molar-refractivity contribution >= 4 is 5.91 Å². The lowest BCUT2D eigenvalue weighted by Crippen LogP contribution is -2.50. The second kappa shape index (κ2) is 8.67. The Bertz CT molecular complexity index is 418. The van der Waals surface area contributed by atoms with Gasteiger partial charge >= 0.3 is 0 Å². The van der Waals surface area contributed by atoms with Crippen LogP contribution < -0.4 is 15.4 Å². The number of benzene rings is 1. The predicted octanol–water partition coefficient (Wildman–Crippen LogP) is 2.74. The van der Waals surface area contributed by atoms with Crippen LogP contribution in [0, 0.1) is 0 Å². The van der Waals surface area contributed by atoms with Crippen LogP contribution in [0.3, 0.4) is 0 Å². The third kappa shape index (κ3) is 7.14. The number of nitrogens with one attached hydrogen (secondary N) is 2. The van der Waals surface area contributed by atoms with E-state index in [0.717, 1.165) is 25.1 Å². The highest BCUT2D eigenvalue weighted by Gasteiger charge is 2.21. The summed E-state index contributed by atoms with van der Waals surface area (Å²) >= 11 is 0. The van der Waals surface area contributed by atoms with Crippen LogP contribution in [0.5, 0.6) is 5.75 Å². The molecule has 1 aromatic rings. The molecular formula is C17H28N2O2. The van der Waals surface area contributed by atoms with E-state index in [-0.39, 0.29) is 17.5 Å². The molecule has 1 aromatic carbocycles. The Labute approximate surface area is 128 Å². The van der Waals surface area contributed by atoms with E-state index in [1.807, 2.05) is 51.1 Å². The van der Waals surface area contributed by atoms with Crippen LogP contribution in [-0.2, 0) is 4.79 Å². The van der Waals surface area contributed by atoms with Crippen LogP contribution in [0.2, 0.25) is 0 Å². The van der Waals surface area contributed by atoms with Crippen molar-refractivity contribution in [2.45, 2.75) is 52.1 Å². The molecule has 0 saturated carbocycles. The van der Waals surface area contributed by atoms with Crippen molar-refractivity contribution in [3.63, 3.8) is 0 Å². The minimum absolute atomic E-state index is 0.0471. The van der Waals surface area contributed by atoms with Gasteiger partial charge in [-0.1, -0.05) is 25.1 Å². The standard InChI is InChI=1S/C17H28N2O2/c1-5-17(3,4)19-16(20)14(2)18-12-9-13-21-15-10-7-6-8-11-15/h6-8,10-11,14,18H,5,9,12-13H2,1-4H3,(H,19,20). The van der Waals surface area contributed by atoms with Crippen LogP contribution in [0.4, 0.5) is 0 Å².